The highest BCUT2D eigenvalue weighted by Gasteiger charge is 2.02. The average Bonchev–Trinajstić information content (AvgIpc) is 2.16. The molecule has 1 heterocycles. The van der Waals surface area contributed by atoms with Crippen molar-refractivity contribution in [2.24, 2.45) is 0 Å². The summed E-state index contributed by atoms with van der Waals surface area (Å²) in [4.78, 5) is 8.50. The first-order chi connectivity index (χ1) is 6.27. The van der Waals surface area contributed by atoms with Crippen LogP contribution in [0.15, 0.2) is 6.20 Å². The van der Waals surface area contributed by atoms with Crippen LogP contribution in [0.5, 0.6) is 0 Å². The van der Waals surface area contributed by atoms with Crippen molar-refractivity contribution in [3.05, 3.63) is 15.6 Å². The number of anilines is 1. The molecule has 1 N–H and O–H groups in total. The second kappa shape index (κ2) is 5.33. The summed E-state index contributed by atoms with van der Waals surface area (Å²) < 4.78 is 5.98. The van der Waals surface area contributed by atoms with Gasteiger partial charge in [0.05, 0.1) is 10.2 Å². The Morgan fingerprint density at radius 3 is 3.00 bits per heavy atom. The smallest absolute Gasteiger partial charge is 0.142 e. The number of hydrogen-bond donors (Lipinski definition) is 1. The van der Waals surface area contributed by atoms with E-state index in [0.717, 1.165) is 21.6 Å². The molecule has 0 aliphatic carbocycles. The lowest BCUT2D eigenvalue weighted by Gasteiger charge is -2.04. The zero-order valence-corrected chi connectivity index (χ0v) is 9.83. The standard InChI is InChI=1S/C8H12IN3O/c1-10-8-6(9)5-11-7(12-8)3-4-13-2/h5H,3-4H2,1-2H3,(H,10,11,12). The number of methoxy groups -OCH3 is 1. The number of rotatable bonds is 4. The van der Waals surface area contributed by atoms with E-state index >= 15 is 0 Å². The maximum absolute atomic E-state index is 4.95. The van der Waals surface area contributed by atoms with Crippen LogP contribution in [0.1, 0.15) is 5.82 Å². The fourth-order valence-corrected chi connectivity index (χ4v) is 1.42. The topological polar surface area (TPSA) is 47.0 Å². The third-order valence-electron chi connectivity index (χ3n) is 1.56. The van der Waals surface area contributed by atoms with E-state index < -0.39 is 0 Å². The van der Waals surface area contributed by atoms with Crippen LogP contribution >= 0.6 is 22.6 Å². The Morgan fingerprint density at radius 2 is 2.38 bits per heavy atom. The number of halogens is 1. The maximum Gasteiger partial charge on any atom is 0.142 e. The molecule has 0 aromatic carbocycles. The van der Waals surface area contributed by atoms with Gasteiger partial charge in [-0.3, -0.25) is 0 Å². The molecule has 1 aromatic rings. The van der Waals surface area contributed by atoms with Gasteiger partial charge in [-0.15, -0.1) is 0 Å². The summed E-state index contributed by atoms with van der Waals surface area (Å²) in [7, 11) is 3.52. The van der Waals surface area contributed by atoms with E-state index in [-0.39, 0.29) is 0 Å². The number of ether oxygens (including phenoxy) is 1. The quantitative estimate of drug-likeness (QED) is 0.850. The predicted octanol–water partition coefficient (Wildman–Crippen LogP) is 1.31. The maximum atomic E-state index is 4.95. The fraction of sp³-hybridized carbons (Fsp3) is 0.500. The van der Waals surface area contributed by atoms with Crippen LogP contribution in [0.25, 0.3) is 0 Å². The molecular weight excluding hydrogens is 281 g/mol. The van der Waals surface area contributed by atoms with E-state index in [0.29, 0.717) is 6.61 Å². The molecule has 0 atom stereocenters. The van der Waals surface area contributed by atoms with Crippen molar-refractivity contribution in [2.45, 2.75) is 6.42 Å². The monoisotopic (exact) mass is 293 g/mol. The Labute approximate surface area is 91.3 Å². The van der Waals surface area contributed by atoms with Gasteiger partial charge in [0.1, 0.15) is 11.6 Å². The van der Waals surface area contributed by atoms with E-state index in [1.54, 1.807) is 7.11 Å². The zero-order chi connectivity index (χ0) is 9.68. The van der Waals surface area contributed by atoms with Crippen molar-refractivity contribution in [1.82, 2.24) is 9.97 Å². The minimum atomic E-state index is 0.656. The van der Waals surface area contributed by atoms with E-state index in [9.17, 15) is 0 Å². The van der Waals surface area contributed by atoms with Crippen LogP contribution < -0.4 is 5.32 Å². The number of aromatic nitrogens is 2. The summed E-state index contributed by atoms with van der Waals surface area (Å²) in [6, 6.07) is 0. The van der Waals surface area contributed by atoms with E-state index in [2.05, 4.69) is 37.9 Å². The molecule has 0 aliphatic rings. The van der Waals surface area contributed by atoms with Crippen LogP contribution in [-0.2, 0) is 11.2 Å². The summed E-state index contributed by atoms with van der Waals surface area (Å²) in [6.45, 7) is 0.656. The van der Waals surface area contributed by atoms with Gasteiger partial charge in [0.15, 0.2) is 0 Å². The first-order valence-electron chi connectivity index (χ1n) is 3.96. The molecule has 5 heteroatoms. The highest BCUT2D eigenvalue weighted by atomic mass is 127. The average molecular weight is 293 g/mol. The van der Waals surface area contributed by atoms with Crippen molar-refractivity contribution in [1.29, 1.82) is 0 Å². The number of hydrogen-bond acceptors (Lipinski definition) is 4. The molecule has 0 unspecified atom stereocenters. The van der Waals surface area contributed by atoms with Gasteiger partial charge >= 0.3 is 0 Å². The Kier molecular flexibility index (Phi) is 4.37. The lowest BCUT2D eigenvalue weighted by Crippen LogP contribution is -2.04. The minimum absolute atomic E-state index is 0.656. The molecule has 1 rings (SSSR count). The highest BCUT2D eigenvalue weighted by molar-refractivity contribution is 14.1. The lowest BCUT2D eigenvalue weighted by atomic mass is 10.4. The third-order valence-corrected chi connectivity index (χ3v) is 2.35. The van der Waals surface area contributed by atoms with Crippen LogP contribution in [0.3, 0.4) is 0 Å². The molecule has 0 saturated heterocycles. The van der Waals surface area contributed by atoms with Gasteiger partial charge in [0, 0.05) is 26.8 Å². The summed E-state index contributed by atoms with van der Waals surface area (Å²) in [6.07, 6.45) is 2.56. The minimum Gasteiger partial charge on any atom is -0.384 e. The molecule has 0 saturated carbocycles. The molecule has 1 aromatic heterocycles. The van der Waals surface area contributed by atoms with Crippen LogP contribution in [-0.4, -0.2) is 30.7 Å². The second-order valence-electron chi connectivity index (χ2n) is 2.48. The molecule has 0 amide bonds. The summed E-state index contributed by atoms with van der Waals surface area (Å²) >= 11 is 2.20. The van der Waals surface area contributed by atoms with Crippen molar-refractivity contribution < 1.29 is 4.74 Å². The zero-order valence-electron chi connectivity index (χ0n) is 7.67. The Morgan fingerprint density at radius 1 is 1.62 bits per heavy atom. The number of nitrogens with zero attached hydrogens (tertiary/aromatic N) is 2. The highest BCUT2D eigenvalue weighted by Crippen LogP contribution is 2.13. The van der Waals surface area contributed by atoms with Crippen molar-refractivity contribution in [3.8, 4) is 0 Å². The van der Waals surface area contributed by atoms with Gasteiger partial charge in [-0.05, 0) is 22.6 Å². The summed E-state index contributed by atoms with van der Waals surface area (Å²) in [5.74, 6) is 1.69. The molecule has 0 aliphatic heterocycles. The van der Waals surface area contributed by atoms with Gasteiger partial charge in [0.25, 0.3) is 0 Å². The molecule has 0 bridgehead atoms. The normalized spacial score (nSPS) is 10.1. The molecule has 4 nitrogen and oxygen atoms in total. The van der Waals surface area contributed by atoms with Crippen LogP contribution in [0, 0.1) is 3.57 Å². The lowest BCUT2D eigenvalue weighted by molar-refractivity contribution is 0.200. The Hall–Kier alpha value is -0.430. The number of nitrogens with one attached hydrogen (secondary N) is 1. The SMILES string of the molecule is CNc1nc(CCOC)ncc1I. The molecule has 0 radical (unpaired) electrons. The second-order valence-corrected chi connectivity index (χ2v) is 3.64. The summed E-state index contributed by atoms with van der Waals surface area (Å²) in [5.41, 5.74) is 0. The Balaban J connectivity index is 2.74. The molecule has 72 valence electrons. The van der Waals surface area contributed by atoms with Gasteiger partial charge in [-0.2, -0.15) is 0 Å². The summed E-state index contributed by atoms with van der Waals surface area (Å²) in [5, 5.41) is 3.01. The van der Waals surface area contributed by atoms with E-state index in [4.69, 9.17) is 4.74 Å². The first kappa shape index (κ1) is 10.6. The van der Waals surface area contributed by atoms with Crippen molar-refractivity contribution in [3.63, 3.8) is 0 Å². The third kappa shape index (κ3) is 3.07. The molecule has 0 fully saturated rings. The molecular formula is C8H12IN3O. The molecule has 0 spiro atoms. The van der Waals surface area contributed by atoms with Crippen molar-refractivity contribution >= 4 is 28.4 Å². The van der Waals surface area contributed by atoms with E-state index in [1.807, 2.05) is 13.2 Å². The van der Waals surface area contributed by atoms with Gasteiger partial charge in [-0.25, -0.2) is 9.97 Å². The van der Waals surface area contributed by atoms with Gasteiger partial charge in [0.2, 0.25) is 0 Å². The van der Waals surface area contributed by atoms with Gasteiger partial charge in [-0.1, -0.05) is 0 Å². The Bertz CT molecular complexity index is 280. The first-order valence-corrected chi connectivity index (χ1v) is 5.04. The predicted molar refractivity (Wildman–Crippen MR) is 59.9 cm³/mol. The largest absolute Gasteiger partial charge is 0.384 e. The fourth-order valence-electron chi connectivity index (χ4n) is 0.893. The van der Waals surface area contributed by atoms with Crippen molar-refractivity contribution in [2.75, 3.05) is 26.1 Å². The van der Waals surface area contributed by atoms with Gasteiger partial charge < -0.3 is 10.1 Å². The molecule has 13 heavy (non-hydrogen) atoms. The van der Waals surface area contributed by atoms with E-state index in [1.165, 1.54) is 0 Å². The van der Waals surface area contributed by atoms with Crippen LogP contribution in [0.2, 0.25) is 0 Å². The van der Waals surface area contributed by atoms with Crippen LogP contribution in [0.4, 0.5) is 5.82 Å².